The fourth-order valence-electron chi connectivity index (χ4n) is 2.42. The summed E-state index contributed by atoms with van der Waals surface area (Å²) < 4.78 is 5.65. The molecule has 2 rings (SSSR count). The second-order valence-corrected chi connectivity index (χ2v) is 8.04. The molecule has 0 spiro atoms. The summed E-state index contributed by atoms with van der Waals surface area (Å²) in [5.74, 6) is -0.790. The van der Waals surface area contributed by atoms with Crippen LogP contribution in [-0.2, 0) is 11.3 Å². The molecule has 0 aromatic heterocycles. The van der Waals surface area contributed by atoms with Crippen LogP contribution in [-0.4, -0.2) is 29.1 Å². The zero-order valence-corrected chi connectivity index (χ0v) is 17.3. The standard InChI is InChI=1S/C20H22Cl2N2O4/c1-20(2,3)24-18(25)11-28-17-7-4-13(21)8-12(17)10-23-14-5-6-15(19(26)27)16(22)9-14/h4-9,23H,10-11H2,1-3H3,(H,24,25)(H,26,27). The summed E-state index contributed by atoms with van der Waals surface area (Å²) in [6.07, 6.45) is 0. The number of hydrogen-bond acceptors (Lipinski definition) is 4. The van der Waals surface area contributed by atoms with Crippen LogP contribution in [0.1, 0.15) is 36.7 Å². The van der Waals surface area contributed by atoms with E-state index >= 15 is 0 Å². The van der Waals surface area contributed by atoms with Crippen LogP contribution in [0.4, 0.5) is 5.69 Å². The first-order valence-electron chi connectivity index (χ1n) is 8.54. The van der Waals surface area contributed by atoms with Gasteiger partial charge in [-0.1, -0.05) is 23.2 Å². The molecule has 28 heavy (non-hydrogen) atoms. The predicted molar refractivity (Wildman–Crippen MR) is 111 cm³/mol. The van der Waals surface area contributed by atoms with Gasteiger partial charge in [0.1, 0.15) is 5.75 Å². The zero-order chi connectivity index (χ0) is 20.9. The molecule has 0 bridgehead atoms. The van der Waals surface area contributed by atoms with Gasteiger partial charge >= 0.3 is 5.97 Å². The van der Waals surface area contributed by atoms with Crippen molar-refractivity contribution in [2.45, 2.75) is 32.9 Å². The van der Waals surface area contributed by atoms with Crippen molar-refractivity contribution in [3.05, 3.63) is 57.6 Å². The van der Waals surface area contributed by atoms with E-state index in [1.165, 1.54) is 12.1 Å². The molecule has 0 aliphatic carbocycles. The van der Waals surface area contributed by atoms with Gasteiger partial charge in [-0.3, -0.25) is 4.79 Å². The van der Waals surface area contributed by atoms with Crippen molar-refractivity contribution >= 4 is 40.8 Å². The maximum absolute atomic E-state index is 12.0. The second-order valence-electron chi connectivity index (χ2n) is 7.19. The lowest BCUT2D eigenvalue weighted by atomic mass is 10.1. The summed E-state index contributed by atoms with van der Waals surface area (Å²) in [6.45, 7) is 5.90. The Kier molecular flexibility index (Phi) is 7.16. The molecular weight excluding hydrogens is 403 g/mol. The molecule has 0 heterocycles. The molecule has 8 heteroatoms. The van der Waals surface area contributed by atoms with E-state index < -0.39 is 5.97 Å². The molecule has 0 atom stereocenters. The Morgan fingerprint density at radius 2 is 1.82 bits per heavy atom. The number of aromatic carboxylic acids is 1. The first-order valence-corrected chi connectivity index (χ1v) is 9.30. The molecule has 0 saturated heterocycles. The van der Waals surface area contributed by atoms with Crippen molar-refractivity contribution < 1.29 is 19.4 Å². The number of carboxylic acid groups (broad SMARTS) is 1. The highest BCUT2D eigenvalue weighted by Crippen LogP contribution is 2.26. The number of ether oxygens (including phenoxy) is 1. The average molecular weight is 425 g/mol. The van der Waals surface area contributed by atoms with Gasteiger partial charge in [0, 0.05) is 28.4 Å². The van der Waals surface area contributed by atoms with Crippen LogP contribution < -0.4 is 15.4 Å². The van der Waals surface area contributed by atoms with E-state index in [4.69, 9.17) is 33.0 Å². The Morgan fingerprint density at radius 3 is 2.43 bits per heavy atom. The lowest BCUT2D eigenvalue weighted by Crippen LogP contribution is -2.43. The van der Waals surface area contributed by atoms with Crippen molar-refractivity contribution in [2.24, 2.45) is 0 Å². The highest BCUT2D eigenvalue weighted by atomic mass is 35.5. The lowest BCUT2D eigenvalue weighted by molar-refractivity contribution is -0.124. The summed E-state index contributed by atoms with van der Waals surface area (Å²) in [4.78, 5) is 23.0. The van der Waals surface area contributed by atoms with Gasteiger partial charge in [-0.05, 0) is 57.2 Å². The van der Waals surface area contributed by atoms with E-state index in [9.17, 15) is 9.59 Å². The zero-order valence-electron chi connectivity index (χ0n) is 15.8. The Morgan fingerprint density at radius 1 is 1.11 bits per heavy atom. The van der Waals surface area contributed by atoms with Crippen LogP contribution in [0.5, 0.6) is 5.75 Å². The predicted octanol–water partition coefficient (Wildman–Crippen LogP) is 4.60. The first kappa shape index (κ1) is 21.9. The van der Waals surface area contributed by atoms with Gasteiger partial charge in [0.2, 0.25) is 0 Å². The number of halogens is 2. The van der Waals surface area contributed by atoms with Crippen LogP contribution >= 0.6 is 23.2 Å². The lowest BCUT2D eigenvalue weighted by Gasteiger charge is -2.21. The van der Waals surface area contributed by atoms with Gasteiger partial charge in [-0.2, -0.15) is 0 Å². The summed E-state index contributed by atoms with van der Waals surface area (Å²) in [6, 6.07) is 9.70. The highest BCUT2D eigenvalue weighted by Gasteiger charge is 2.15. The SMILES string of the molecule is CC(C)(C)NC(=O)COc1ccc(Cl)cc1CNc1ccc(C(=O)O)c(Cl)c1. The molecule has 6 nitrogen and oxygen atoms in total. The number of carboxylic acids is 1. The van der Waals surface area contributed by atoms with Gasteiger partial charge < -0.3 is 20.5 Å². The Labute approximate surface area is 173 Å². The number of carbonyl (C=O) groups is 2. The number of amides is 1. The highest BCUT2D eigenvalue weighted by molar-refractivity contribution is 6.33. The molecular formula is C20H22Cl2N2O4. The molecule has 3 N–H and O–H groups in total. The molecule has 0 saturated carbocycles. The van der Waals surface area contributed by atoms with E-state index in [0.29, 0.717) is 23.0 Å². The summed E-state index contributed by atoms with van der Waals surface area (Å²) in [5, 5.41) is 15.7. The number of carbonyl (C=O) groups excluding carboxylic acids is 1. The average Bonchev–Trinajstić information content (AvgIpc) is 2.57. The summed E-state index contributed by atoms with van der Waals surface area (Å²) in [7, 11) is 0. The molecule has 0 aliphatic rings. The number of nitrogens with one attached hydrogen (secondary N) is 2. The third-order valence-corrected chi connectivity index (χ3v) is 4.13. The van der Waals surface area contributed by atoms with Crippen molar-refractivity contribution in [2.75, 3.05) is 11.9 Å². The van der Waals surface area contributed by atoms with Crippen molar-refractivity contribution in [3.63, 3.8) is 0 Å². The Hall–Kier alpha value is -2.44. The van der Waals surface area contributed by atoms with Crippen molar-refractivity contribution in [1.82, 2.24) is 5.32 Å². The molecule has 0 aliphatic heterocycles. The normalized spacial score (nSPS) is 11.0. The third-order valence-electron chi connectivity index (χ3n) is 3.58. The Balaban J connectivity index is 2.07. The minimum atomic E-state index is -1.09. The van der Waals surface area contributed by atoms with E-state index in [2.05, 4.69) is 10.6 Å². The van der Waals surface area contributed by atoms with Gasteiger partial charge in [0.05, 0.1) is 10.6 Å². The minimum absolute atomic E-state index is 0.0313. The van der Waals surface area contributed by atoms with E-state index in [1.807, 2.05) is 20.8 Å². The Bertz CT molecular complexity index is 879. The number of hydrogen-bond donors (Lipinski definition) is 3. The summed E-state index contributed by atoms with van der Waals surface area (Å²) >= 11 is 12.1. The smallest absolute Gasteiger partial charge is 0.337 e. The molecule has 0 fully saturated rings. The molecule has 150 valence electrons. The van der Waals surface area contributed by atoms with Crippen LogP contribution in [0.2, 0.25) is 10.0 Å². The quantitative estimate of drug-likeness (QED) is 0.604. The van der Waals surface area contributed by atoms with Crippen molar-refractivity contribution in [1.29, 1.82) is 0 Å². The van der Waals surface area contributed by atoms with Gasteiger partial charge in [-0.15, -0.1) is 0 Å². The minimum Gasteiger partial charge on any atom is -0.483 e. The first-order chi connectivity index (χ1) is 13.0. The van der Waals surface area contributed by atoms with E-state index in [-0.39, 0.29) is 28.6 Å². The van der Waals surface area contributed by atoms with Gasteiger partial charge in [0.15, 0.2) is 6.61 Å². The fraction of sp³-hybridized carbons (Fsp3) is 0.300. The maximum Gasteiger partial charge on any atom is 0.337 e. The summed E-state index contributed by atoms with van der Waals surface area (Å²) in [5.41, 5.74) is 1.08. The topological polar surface area (TPSA) is 87.7 Å². The number of anilines is 1. The second kappa shape index (κ2) is 9.17. The molecule has 1 amide bonds. The van der Waals surface area contributed by atoms with Crippen LogP contribution in [0, 0.1) is 0 Å². The van der Waals surface area contributed by atoms with Crippen molar-refractivity contribution in [3.8, 4) is 5.75 Å². The molecule has 2 aromatic carbocycles. The van der Waals surface area contributed by atoms with Crippen LogP contribution in [0.3, 0.4) is 0 Å². The largest absolute Gasteiger partial charge is 0.483 e. The number of rotatable bonds is 7. The molecule has 2 aromatic rings. The van der Waals surface area contributed by atoms with E-state index in [1.54, 1.807) is 24.3 Å². The fourth-order valence-corrected chi connectivity index (χ4v) is 2.88. The van der Waals surface area contributed by atoms with Gasteiger partial charge in [-0.25, -0.2) is 4.79 Å². The van der Waals surface area contributed by atoms with Crippen LogP contribution in [0.25, 0.3) is 0 Å². The molecule has 0 radical (unpaired) electrons. The maximum atomic E-state index is 12.0. The molecule has 0 unspecified atom stereocenters. The van der Waals surface area contributed by atoms with E-state index in [0.717, 1.165) is 5.56 Å². The monoisotopic (exact) mass is 424 g/mol. The van der Waals surface area contributed by atoms with Crippen LogP contribution in [0.15, 0.2) is 36.4 Å². The van der Waals surface area contributed by atoms with Gasteiger partial charge in [0.25, 0.3) is 5.91 Å². The third kappa shape index (κ3) is 6.62. The number of benzene rings is 2.